The maximum atomic E-state index is 13.1. The van der Waals surface area contributed by atoms with Gasteiger partial charge in [0, 0.05) is 34.5 Å². The monoisotopic (exact) mass is 546 g/mol. The van der Waals surface area contributed by atoms with Gasteiger partial charge in [0.25, 0.3) is 5.91 Å². The third-order valence-electron chi connectivity index (χ3n) is 9.06. The van der Waals surface area contributed by atoms with Crippen LogP contribution in [0.3, 0.4) is 0 Å². The number of fused-ring (bicyclic) bond motifs is 2. The normalized spacial score (nSPS) is 19.9. The van der Waals surface area contributed by atoms with Gasteiger partial charge in [-0.25, -0.2) is 0 Å². The van der Waals surface area contributed by atoms with Crippen LogP contribution in [-0.4, -0.2) is 41.0 Å². The van der Waals surface area contributed by atoms with Crippen molar-refractivity contribution in [1.82, 2.24) is 9.88 Å². The summed E-state index contributed by atoms with van der Waals surface area (Å²) in [6, 6.07) is 6.24. The number of carbonyl (C=O) groups excluding carboxylic acids is 1. The number of nitrogens with one attached hydrogen (secondary N) is 1. The Balaban J connectivity index is 1.58. The van der Waals surface area contributed by atoms with Crippen molar-refractivity contribution in [2.45, 2.75) is 109 Å². The highest BCUT2D eigenvalue weighted by molar-refractivity contribution is 5.97. The predicted molar refractivity (Wildman–Crippen MR) is 145 cm³/mol. The summed E-state index contributed by atoms with van der Waals surface area (Å²) in [5.41, 5.74) is 5.41. The number of aliphatic hydroxyl groups is 1. The molecule has 1 spiro atoms. The molecule has 0 bridgehead atoms. The van der Waals surface area contributed by atoms with Crippen molar-refractivity contribution >= 4 is 5.91 Å². The van der Waals surface area contributed by atoms with Crippen LogP contribution in [0.25, 0.3) is 11.3 Å². The fourth-order valence-corrected chi connectivity index (χ4v) is 6.41. The summed E-state index contributed by atoms with van der Waals surface area (Å²) in [4.78, 5) is 13.1. The van der Waals surface area contributed by atoms with E-state index in [0.29, 0.717) is 11.5 Å². The molecule has 2 heterocycles. The van der Waals surface area contributed by atoms with Gasteiger partial charge in [-0.3, -0.25) is 4.79 Å². The van der Waals surface area contributed by atoms with Gasteiger partial charge in [-0.15, -0.1) is 0 Å². The first kappa shape index (κ1) is 28.1. The van der Waals surface area contributed by atoms with Crippen molar-refractivity contribution in [3.05, 3.63) is 40.6 Å². The van der Waals surface area contributed by atoms with E-state index in [1.54, 1.807) is 0 Å². The molecule has 5 rings (SSSR count). The SMILES string of the molecule is Cc1c(C(=O)NCC(O)C(F)(F)F)cc(-c2cc(C(C)(C)C)c3c(c2)C2(CCO3)CC2)n1CC1CCCCC1. The Morgan fingerprint density at radius 1 is 1.13 bits per heavy atom. The van der Waals surface area contributed by atoms with E-state index in [-0.39, 0.29) is 10.8 Å². The lowest BCUT2D eigenvalue weighted by Gasteiger charge is -2.33. The van der Waals surface area contributed by atoms with Crippen molar-refractivity contribution in [2.75, 3.05) is 13.2 Å². The maximum absolute atomic E-state index is 13.1. The Labute approximate surface area is 229 Å². The molecule has 1 aromatic carbocycles. The van der Waals surface area contributed by atoms with E-state index in [1.165, 1.54) is 24.8 Å². The minimum Gasteiger partial charge on any atom is -0.493 e. The smallest absolute Gasteiger partial charge is 0.416 e. The molecule has 3 aliphatic rings. The standard InChI is InChI=1S/C31H41F3N2O3/c1-19-22(28(38)35-17-26(37)31(32,33)34)16-25(36(19)18-20-8-6-5-7-9-20)21-14-23(29(2,3)4)27-24(15-21)30(10-11-30)12-13-39-27/h14-16,20,26,37H,5-13,17-18H2,1-4H3,(H,35,38). The summed E-state index contributed by atoms with van der Waals surface area (Å²) in [5.74, 6) is 0.885. The Morgan fingerprint density at radius 2 is 1.82 bits per heavy atom. The van der Waals surface area contributed by atoms with Gasteiger partial charge < -0.3 is 19.7 Å². The van der Waals surface area contributed by atoms with Gasteiger partial charge in [0.1, 0.15) is 5.75 Å². The molecule has 0 saturated heterocycles. The van der Waals surface area contributed by atoms with Gasteiger partial charge >= 0.3 is 6.18 Å². The van der Waals surface area contributed by atoms with E-state index < -0.39 is 24.7 Å². The molecule has 2 aromatic rings. The molecule has 214 valence electrons. The number of benzene rings is 1. The summed E-state index contributed by atoms with van der Waals surface area (Å²) in [6.45, 7) is 9.03. The fourth-order valence-electron chi connectivity index (χ4n) is 6.41. The fraction of sp³-hybridized carbons (Fsp3) is 0.645. The Kier molecular flexibility index (Phi) is 7.32. The van der Waals surface area contributed by atoms with Gasteiger partial charge in [0.15, 0.2) is 6.10 Å². The largest absolute Gasteiger partial charge is 0.493 e. The topological polar surface area (TPSA) is 63.5 Å². The van der Waals surface area contributed by atoms with Crippen LogP contribution in [-0.2, 0) is 17.4 Å². The van der Waals surface area contributed by atoms with Crippen LogP contribution >= 0.6 is 0 Å². The Morgan fingerprint density at radius 3 is 2.44 bits per heavy atom. The molecule has 1 aromatic heterocycles. The number of amides is 1. The number of ether oxygens (including phenoxy) is 1. The molecule has 2 saturated carbocycles. The van der Waals surface area contributed by atoms with Crippen molar-refractivity contribution in [3.8, 4) is 17.0 Å². The summed E-state index contributed by atoms with van der Waals surface area (Å²) >= 11 is 0. The Bertz CT molecular complexity index is 1210. The maximum Gasteiger partial charge on any atom is 0.416 e. The number of aromatic nitrogens is 1. The molecule has 1 atom stereocenters. The first-order valence-electron chi connectivity index (χ1n) is 14.4. The number of aliphatic hydroxyl groups excluding tert-OH is 1. The number of halogens is 3. The molecule has 1 amide bonds. The van der Waals surface area contributed by atoms with E-state index in [4.69, 9.17) is 4.74 Å². The lowest BCUT2D eigenvalue weighted by Crippen LogP contribution is -2.40. The third-order valence-corrected chi connectivity index (χ3v) is 9.06. The van der Waals surface area contributed by atoms with Gasteiger partial charge in [0.05, 0.1) is 18.7 Å². The van der Waals surface area contributed by atoms with Crippen LogP contribution < -0.4 is 10.1 Å². The molecular weight excluding hydrogens is 505 g/mol. The van der Waals surface area contributed by atoms with Crippen LogP contribution in [0.5, 0.6) is 5.75 Å². The van der Waals surface area contributed by atoms with Crippen LogP contribution in [0.15, 0.2) is 18.2 Å². The molecule has 0 radical (unpaired) electrons. The highest BCUT2D eigenvalue weighted by atomic mass is 19.4. The Hall–Kier alpha value is -2.48. The van der Waals surface area contributed by atoms with E-state index in [1.807, 2.05) is 13.0 Å². The zero-order valence-electron chi connectivity index (χ0n) is 23.5. The van der Waals surface area contributed by atoms with Crippen LogP contribution in [0, 0.1) is 12.8 Å². The zero-order valence-corrected chi connectivity index (χ0v) is 23.5. The van der Waals surface area contributed by atoms with Crippen molar-refractivity contribution in [2.24, 2.45) is 5.92 Å². The van der Waals surface area contributed by atoms with Gasteiger partial charge in [0.2, 0.25) is 0 Å². The summed E-state index contributed by atoms with van der Waals surface area (Å²) in [7, 11) is 0. The lowest BCUT2D eigenvalue weighted by molar-refractivity contribution is -0.201. The first-order valence-corrected chi connectivity index (χ1v) is 14.4. The van der Waals surface area contributed by atoms with E-state index in [2.05, 4.69) is 42.8 Å². The highest BCUT2D eigenvalue weighted by Crippen LogP contribution is 2.58. The predicted octanol–water partition coefficient (Wildman–Crippen LogP) is 6.81. The quantitative estimate of drug-likeness (QED) is 0.419. The molecule has 5 nitrogen and oxygen atoms in total. The molecule has 8 heteroatoms. The number of nitrogens with zero attached hydrogens (tertiary/aromatic N) is 1. The van der Waals surface area contributed by atoms with E-state index in [9.17, 15) is 23.1 Å². The first-order chi connectivity index (χ1) is 18.3. The van der Waals surface area contributed by atoms with Gasteiger partial charge in [-0.05, 0) is 74.1 Å². The average Bonchev–Trinajstić information content (AvgIpc) is 3.58. The number of carbonyl (C=O) groups is 1. The van der Waals surface area contributed by atoms with Crippen molar-refractivity contribution < 1.29 is 27.8 Å². The molecule has 2 aliphatic carbocycles. The molecular formula is C31H41F3N2O3. The van der Waals surface area contributed by atoms with Crippen LogP contribution in [0.1, 0.15) is 99.3 Å². The second-order valence-corrected chi connectivity index (χ2v) is 12.9. The molecule has 1 unspecified atom stereocenters. The number of alkyl halides is 3. The lowest BCUT2D eigenvalue weighted by atomic mass is 9.79. The molecule has 39 heavy (non-hydrogen) atoms. The summed E-state index contributed by atoms with van der Waals surface area (Å²) in [6.07, 6.45) is 1.79. The van der Waals surface area contributed by atoms with Crippen molar-refractivity contribution in [3.63, 3.8) is 0 Å². The van der Waals surface area contributed by atoms with Gasteiger partial charge in [-0.1, -0.05) is 40.0 Å². The minimum absolute atomic E-state index is 0.155. The zero-order chi connectivity index (χ0) is 28.2. The molecule has 1 aliphatic heterocycles. The summed E-state index contributed by atoms with van der Waals surface area (Å²) in [5, 5.41) is 11.7. The van der Waals surface area contributed by atoms with Crippen LogP contribution in [0.2, 0.25) is 0 Å². The van der Waals surface area contributed by atoms with E-state index in [0.717, 1.165) is 73.5 Å². The van der Waals surface area contributed by atoms with Crippen LogP contribution in [0.4, 0.5) is 13.2 Å². The second-order valence-electron chi connectivity index (χ2n) is 12.9. The number of hydrogen-bond acceptors (Lipinski definition) is 3. The summed E-state index contributed by atoms with van der Waals surface area (Å²) < 4.78 is 47.0. The number of rotatable bonds is 6. The minimum atomic E-state index is -4.78. The molecule has 2 N–H and O–H groups in total. The van der Waals surface area contributed by atoms with Crippen molar-refractivity contribution in [1.29, 1.82) is 0 Å². The average molecular weight is 547 g/mol. The van der Waals surface area contributed by atoms with Gasteiger partial charge in [-0.2, -0.15) is 13.2 Å². The highest BCUT2D eigenvalue weighted by Gasteiger charge is 2.49. The molecule has 2 fully saturated rings. The second kappa shape index (κ2) is 10.2. The third kappa shape index (κ3) is 5.59. The number of hydrogen-bond donors (Lipinski definition) is 2. The van der Waals surface area contributed by atoms with E-state index >= 15 is 0 Å².